The molecule has 0 radical (unpaired) electrons. The van der Waals surface area contributed by atoms with Crippen molar-refractivity contribution in [2.75, 3.05) is 27.3 Å². The Hall–Kier alpha value is -2.01. The van der Waals surface area contributed by atoms with E-state index < -0.39 is 5.97 Å². The molecule has 1 aromatic carbocycles. The molecule has 0 amide bonds. The number of rotatable bonds is 8. The topological polar surface area (TPSA) is 67.8 Å². The number of carboxylic acid groups (broad SMARTS) is 1. The van der Waals surface area contributed by atoms with Crippen molar-refractivity contribution in [3.63, 3.8) is 0 Å². The second-order valence-corrected chi connectivity index (χ2v) is 3.87. The summed E-state index contributed by atoms with van der Waals surface area (Å²) in [5, 5.41) is 11.6. The summed E-state index contributed by atoms with van der Waals surface area (Å²) in [5.74, 6) is 0.624. The van der Waals surface area contributed by atoms with E-state index >= 15 is 0 Å². The monoisotopic (exact) mass is 265 g/mol. The average molecular weight is 265 g/mol. The van der Waals surface area contributed by atoms with Crippen LogP contribution in [0.2, 0.25) is 0 Å². The molecule has 0 bridgehead atoms. The molecule has 5 nitrogen and oxygen atoms in total. The largest absolute Gasteiger partial charge is 0.497 e. The maximum Gasteiger partial charge on any atom is 0.328 e. The number of hydrogen-bond donors (Lipinski definition) is 2. The van der Waals surface area contributed by atoms with Gasteiger partial charge < -0.3 is 19.9 Å². The number of carbonyl (C=O) groups is 1. The van der Waals surface area contributed by atoms with Crippen LogP contribution in [0.4, 0.5) is 0 Å². The molecule has 0 aliphatic rings. The fourth-order valence-corrected chi connectivity index (χ4v) is 1.63. The molecular formula is C14H19NO4. The molecule has 0 fully saturated rings. The molecule has 5 heteroatoms. The van der Waals surface area contributed by atoms with Crippen LogP contribution in [0.15, 0.2) is 30.4 Å². The summed E-state index contributed by atoms with van der Waals surface area (Å²) >= 11 is 0. The van der Waals surface area contributed by atoms with E-state index in [1.807, 2.05) is 18.2 Å². The molecule has 104 valence electrons. The van der Waals surface area contributed by atoms with Gasteiger partial charge in [0.1, 0.15) is 11.5 Å². The number of nitrogens with one attached hydrogen (secondary N) is 1. The third-order valence-corrected chi connectivity index (χ3v) is 2.59. The number of methoxy groups -OCH3 is 2. The summed E-state index contributed by atoms with van der Waals surface area (Å²) in [4.78, 5) is 10.3. The van der Waals surface area contributed by atoms with Crippen LogP contribution in [-0.4, -0.2) is 38.4 Å². The number of hydrogen-bond acceptors (Lipinski definition) is 4. The second-order valence-electron chi connectivity index (χ2n) is 3.87. The van der Waals surface area contributed by atoms with E-state index in [0.29, 0.717) is 6.54 Å². The van der Waals surface area contributed by atoms with Crippen molar-refractivity contribution in [1.29, 1.82) is 0 Å². The number of carboxylic acids is 1. The minimum absolute atomic E-state index is 0.533. The van der Waals surface area contributed by atoms with Crippen LogP contribution in [0, 0.1) is 0 Å². The maximum atomic E-state index is 10.3. The van der Waals surface area contributed by atoms with Gasteiger partial charge in [0.15, 0.2) is 0 Å². The fraction of sp³-hybridized carbons (Fsp3) is 0.357. The van der Waals surface area contributed by atoms with Crippen molar-refractivity contribution in [1.82, 2.24) is 5.32 Å². The highest BCUT2D eigenvalue weighted by molar-refractivity contribution is 5.79. The van der Waals surface area contributed by atoms with Gasteiger partial charge in [0.05, 0.1) is 14.2 Å². The van der Waals surface area contributed by atoms with Crippen LogP contribution in [0.3, 0.4) is 0 Å². The predicted octanol–water partition coefficient (Wildman–Crippen LogP) is 1.48. The van der Waals surface area contributed by atoms with E-state index in [-0.39, 0.29) is 0 Å². The summed E-state index contributed by atoms with van der Waals surface area (Å²) in [6.45, 7) is 1.28. The zero-order chi connectivity index (χ0) is 14.1. The first-order chi connectivity index (χ1) is 9.17. The van der Waals surface area contributed by atoms with Crippen molar-refractivity contribution in [3.05, 3.63) is 35.9 Å². The SMILES string of the molecule is COc1ccc(CCNC/C=C/C(=O)O)c(OC)c1. The van der Waals surface area contributed by atoms with Gasteiger partial charge in [-0.3, -0.25) is 0 Å². The minimum Gasteiger partial charge on any atom is -0.497 e. The lowest BCUT2D eigenvalue weighted by molar-refractivity contribution is -0.131. The van der Waals surface area contributed by atoms with Gasteiger partial charge in [0.2, 0.25) is 0 Å². The highest BCUT2D eigenvalue weighted by Crippen LogP contribution is 2.24. The van der Waals surface area contributed by atoms with Crippen LogP contribution >= 0.6 is 0 Å². The molecule has 0 heterocycles. The molecule has 0 saturated heterocycles. The Bertz CT molecular complexity index is 443. The number of aliphatic carboxylic acids is 1. The predicted molar refractivity (Wildman–Crippen MR) is 72.9 cm³/mol. The molecule has 2 N–H and O–H groups in total. The Morgan fingerprint density at radius 3 is 2.79 bits per heavy atom. The number of benzene rings is 1. The Morgan fingerprint density at radius 2 is 2.16 bits per heavy atom. The van der Waals surface area contributed by atoms with E-state index in [4.69, 9.17) is 14.6 Å². The molecule has 1 rings (SSSR count). The summed E-state index contributed by atoms with van der Waals surface area (Å²) < 4.78 is 10.4. The van der Waals surface area contributed by atoms with Gasteiger partial charge in [-0.25, -0.2) is 4.79 Å². The molecule has 0 atom stereocenters. The van der Waals surface area contributed by atoms with Crippen LogP contribution in [0.25, 0.3) is 0 Å². The van der Waals surface area contributed by atoms with Crippen LogP contribution in [0.1, 0.15) is 5.56 Å². The van der Waals surface area contributed by atoms with Crippen LogP contribution in [0.5, 0.6) is 11.5 Å². The molecule has 0 saturated carbocycles. The van der Waals surface area contributed by atoms with Gasteiger partial charge in [0.25, 0.3) is 0 Å². The molecule has 0 aromatic heterocycles. The number of ether oxygens (including phenoxy) is 2. The standard InChI is InChI=1S/C14H19NO4/c1-18-12-6-5-11(13(10-12)19-2)7-9-15-8-3-4-14(16)17/h3-6,10,15H,7-9H2,1-2H3,(H,16,17)/b4-3+. The Balaban J connectivity index is 2.42. The van der Waals surface area contributed by atoms with Crippen molar-refractivity contribution in [2.45, 2.75) is 6.42 Å². The van der Waals surface area contributed by atoms with Gasteiger partial charge in [-0.2, -0.15) is 0 Å². The summed E-state index contributed by atoms with van der Waals surface area (Å²) in [5.41, 5.74) is 1.08. The lowest BCUT2D eigenvalue weighted by Gasteiger charge is -2.10. The molecule has 0 aliphatic carbocycles. The van der Waals surface area contributed by atoms with Crippen LogP contribution < -0.4 is 14.8 Å². The Morgan fingerprint density at radius 1 is 1.37 bits per heavy atom. The third-order valence-electron chi connectivity index (χ3n) is 2.59. The van der Waals surface area contributed by atoms with Crippen molar-refractivity contribution in [2.24, 2.45) is 0 Å². The maximum absolute atomic E-state index is 10.3. The van der Waals surface area contributed by atoms with Gasteiger partial charge in [-0.1, -0.05) is 12.1 Å². The first-order valence-electron chi connectivity index (χ1n) is 5.98. The summed E-state index contributed by atoms with van der Waals surface area (Å²) in [6.07, 6.45) is 3.50. The highest BCUT2D eigenvalue weighted by atomic mass is 16.5. The second kappa shape index (κ2) is 8.16. The Labute approximate surface area is 112 Å². The zero-order valence-electron chi connectivity index (χ0n) is 11.2. The zero-order valence-corrected chi connectivity index (χ0v) is 11.2. The van der Waals surface area contributed by atoms with E-state index in [9.17, 15) is 4.79 Å². The summed E-state index contributed by atoms with van der Waals surface area (Å²) in [6, 6.07) is 5.70. The van der Waals surface area contributed by atoms with Crippen LogP contribution in [-0.2, 0) is 11.2 Å². The molecule has 0 aliphatic heterocycles. The average Bonchev–Trinajstić information content (AvgIpc) is 2.42. The van der Waals surface area contributed by atoms with E-state index in [0.717, 1.165) is 36.1 Å². The minimum atomic E-state index is -0.932. The first kappa shape index (κ1) is 15.0. The fourth-order valence-electron chi connectivity index (χ4n) is 1.63. The van der Waals surface area contributed by atoms with E-state index in [1.165, 1.54) is 0 Å². The molecule has 19 heavy (non-hydrogen) atoms. The first-order valence-corrected chi connectivity index (χ1v) is 5.98. The molecular weight excluding hydrogens is 246 g/mol. The summed E-state index contributed by atoms with van der Waals surface area (Å²) in [7, 11) is 3.24. The third kappa shape index (κ3) is 5.44. The Kier molecular flexibility index (Phi) is 6.46. The highest BCUT2D eigenvalue weighted by Gasteiger charge is 2.04. The van der Waals surface area contributed by atoms with Crippen molar-refractivity contribution in [3.8, 4) is 11.5 Å². The normalized spacial score (nSPS) is 10.6. The van der Waals surface area contributed by atoms with Gasteiger partial charge in [0, 0.05) is 18.7 Å². The quantitative estimate of drug-likeness (QED) is 0.550. The van der Waals surface area contributed by atoms with Gasteiger partial charge in [-0.15, -0.1) is 0 Å². The van der Waals surface area contributed by atoms with Crippen molar-refractivity contribution >= 4 is 5.97 Å². The van der Waals surface area contributed by atoms with Gasteiger partial charge >= 0.3 is 5.97 Å². The lowest BCUT2D eigenvalue weighted by Crippen LogP contribution is -2.17. The smallest absolute Gasteiger partial charge is 0.328 e. The van der Waals surface area contributed by atoms with Crippen molar-refractivity contribution < 1.29 is 19.4 Å². The van der Waals surface area contributed by atoms with E-state index in [1.54, 1.807) is 20.3 Å². The molecule has 1 aromatic rings. The molecule has 0 spiro atoms. The molecule has 0 unspecified atom stereocenters. The van der Waals surface area contributed by atoms with Gasteiger partial charge in [-0.05, 0) is 24.6 Å². The van der Waals surface area contributed by atoms with E-state index in [2.05, 4.69) is 5.32 Å². The lowest BCUT2D eigenvalue weighted by atomic mass is 10.1.